The second-order valence-electron chi connectivity index (χ2n) is 3.81. The van der Waals surface area contributed by atoms with Crippen LogP contribution < -0.4 is 11.1 Å². The van der Waals surface area contributed by atoms with Crippen molar-refractivity contribution in [3.05, 3.63) is 56.5 Å². The lowest BCUT2D eigenvalue weighted by atomic mass is 10.2. The quantitative estimate of drug-likeness (QED) is 0.770. The molecule has 19 heavy (non-hydrogen) atoms. The van der Waals surface area contributed by atoms with Crippen LogP contribution in [0.3, 0.4) is 0 Å². The van der Waals surface area contributed by atoms with Crippen LogP contribution in [-0.2, 0) is 0 Å². The first-order valence-electron chi connectivity index (χ1n) is 5.29. The Hall–Kier alpha value is -1.23. The van der Waals surface area contributed by atoms with E-state index in [1.165, 1.54) is 6.07 Å². The maximum Gasteiger partial charge on any atom is 0.255 e. The molecule has 0 atom stereocenters. The summed E-state index contributed by atoms with van der Waals surface area (Å²) < 4.78 is 0.839. The summed E-state index contributed by atoms with van der Waals surface area (Å²) in [5.74, 6) is -0.299. The molecule has 0 aromatic heterocycles. The Morgan fingerprint density at radius 2 is 1.84 bits per heavy atom. The Morgan fingerprint density at radius 3 is 2.47 bits per heavy atom. The number of hydrogen-bond acceptors (Lipinski definition) is 2. The van der Waals surface area contributed by atoms with Crippen LogP contribution >= 0.6 is 39.1 Å². The van der Waals surface area contributed by atoms with Gasteiger partial charge in [-0.25, -0.2) is 0 Å². The van der Waals surface area contributed by atoms with Crippen LogP contribution in [0.4, 0.5) is 11.4 Å². The van der Waals surface area contributed by atoms with Gasteiger partial charge >= 0.3 is 0 Å². The van der Waals surface area contributed by atoms with Crippen molar-refractivity contribution in [2.45, 2.75) is 0 Å². The monoisotopic (exact) mass is 358 g/mol. The third kappa shape index (κ3) is 3.41. The van der Waals surface area contributed by atoms with Gasteiger partial charge in [-0.15, -0.1) is 0 Å². The first-order valence-corrected chi connectivity index (χ1v) is 6.83. The molecule has 2 aromatic carbocycles. The second-order valence-corrected chi connectivity index (χ2v) is 5.54. The molecule has 0 saturated carbocycles. The Kier molecular flexibility index (Phi) is 4.34. The summed E-state index contributed by atoms with van der Waals surface area (Å²) in [6, 6.07) is 9.90. The number of halogens is 3. The van der Waals surface area contributed by atoms with Crippen molar-refractivity contribution in [3.8, 4) is 0 Å². The predicted octanol–water partition coefficient (Wildman–Crippen LogP) is 4.59. The van der Waals surface area contributed by atoms with E-state index in [4.69, 9.17) is 28.9 Å². The maximum absolute atomic E-state index is 12.0. The normalized spacial score (nSPS) is 10.3. The van der Waals surface area contributed by atoms with Crippen molar-refractivity contribution < 1.29 is 4.79 Å². The van der Waals surface area contributed by atoms with Gasteiger partial charge in [-0.05, 0) is 36.4 Å². The Balaban J connectivity index is 2.23. The zero-order valence-corrected chi connectivity index (χ0v) is 12.7. The standard InChI is InChI=1S/C13H9BrCl2N2O/c14-8-2-4-12(10(16)6-8)18-13(19)7-1-3-9(15)11(17)5-7/h1-6H,17H2,(H,18,19). The van der Waals surface area contributed by atoms with Gasteiger partial charge in [0.15, 0.2) is 0 Å². The highest BCUT2D eigenvalue weighted by atomic mass is 79.9. The summed E-state index contributed by atoms with van der Waals surface area (Å²) in [5, 5.41) is 3.57. The molecule has 0 aliphatic rings. The summed E-state index contributed by atoms with van der Waals surface area (Å²) in [6.07, 6.45) is 0. The lowest BCUT2D eigenvalue weighted by Crippen LogP contribution is -2.12. The van der Waals surface area contributed by atoms with Crippen molar-refractivity contribution in [2.75, 3.05) is 11.1 Å². The van der Waals surface area contributed by atoms with Crippen molar-refractivity contribution in [1.82, 2.24) is 0 Å². The fraction of sp³-hybridized carbons (Fsp3) is 0. The number of nitrogen functional groups attached to an aromatic ring is 1. The van der Waals surface area contributed by atoms with Crippen LogP contribution in [0, 0.1) is 0 Å². The molecule has 3 nitrogen and oxygen atoms in total. The first-order chi connectivity index (χ1) is 8.97. The molecule has 6 heteroatoms. The van der Waals surface area contributed by atoms with Crippen molar-refractivity contribution in [1.29, 1.82) is 0 Å². The molecule has 0 saturated heterocycles. The number of carbonyl (C=O) groups excluding carboxylic acids is 1. The molecule has 1 amide bonds. The molecular formula is C13H9BrCl2N2O. The Bertz CT molecular complexity index is 647. The fourth-order valence-electron chi connectivity index (χ4n) is 1.47. The van der Waals surface area contributed by atoms with Gasteiger partial charge in [0.2, 0.25) is 0 Å². The summed E-state index contributed by atoms with van der Waals surface area (Å²) in [7, 11) is 0. The summed E-state index contributed by atoms with van der Waals surface area (Å²) in [6.45, 7) is 0. The van der Waals surface area contributed by atoms with Crippen molar-refractivity contribution in [3.63, 3.8) is 0 Å². The number of nitrogens with one attached hydrogen (secondary N) is 1. The van der Waals surface area contributed by atoms with Gasteiger partial charge < -0.3 is 11.1 Å². The smallest absolute Gasteiger partial charge is 0.255 e. The van der Waals surface area contributed by atoms with E-state index in [2.05, 4.69) is 21.2 Å². The summed E-state index contributed by atoms with van der Waals surface area (Å²) in [5.41, 5.74) is 6.96. The predicted molar refractivity (Wildman–Crippen MR) is 83.0 cm³/mol. The minimum atomic E-state index is -0.299. The number of hydrogen-bond donors (Lipinski definition) is 2. The molecule has 0 bridgehead atoms. The Morgan fingerprint density at radius 1 is 1.11 bits per heavy atom. The van der Waals surface area contributed by atoms with Gasteiger partial charge in [-0.1, -0.05) is 39.1 Å². The highest BCUT2D eigenvalue weighted by molar-refractivity contribution is 9.10. The number of carbonyl (C=O) groups is 1. The molecule has 2 aromatic rings. The molecule has 0 heterocycles. The van der Waals surface area contributed by atoms with E-state index < -0.39 is 0 Å². The van der Waals surface area contributed by atoms with Crippen LogP contribution in [0.5, 0.6) is 0 Å². The van der Waals surface area contributed by atoms with Gasteiger partial charge in [0.25, 0.3) is 5.91 Å². The number of amides is 1. The first kappa shape index (κ1) is 14.2. The van der Waals surface area contributed by atoms with E-state index >= 15 is 0 Å². The summed E-state index contributed by atoms with van der Waals surface area (Å²) >= 11 is 15.1. The van der Waals surface area contributed by atoms with Crippen molar-refractivity contribution >= 4 is 56.4 Å². The molecule has 2 rings (SSSR count). The van der Waals surface area contributed by atoms with E-state index in [1.54, 1.807) is 30.3 Å². The van der Waals surface area contributed by atoms with Crippen LogP contribution in [0.1, 0.15) is 10.4 Å². The highest BCUT2D eigenvalue weighted by Crippen LogP contribution is 2.26. The molecule has 0 aliphatic heterocycles. The van der Waals surface area contributed by atoms with Crippen LogP contribution in [0.25, 0.3) is 0 Å². The third-order valence-electron chi connectivity index (χ3n) is 2.44. The average molecular weight is 360 g/mol. The molecule has 0 spiro atoms. The van der Waals surface area contributed by atoms with E-state index in [0.717, 1.165) is 4.47 Å². The van der Waals surface area contributed by atoms with E-state index in [-0.39, 0.29) is 5.91 Å². The van der Waals surface area contributed by atoms with Crippen molar-refractivity contribution in [2.24, 2.45) is 0 Å². The fourth-order valence-corrected chi connectivity index (χ4v) is 2.31. The molecule has 3 N–H and O–H groups in total. The lowest BCUT2D eigenvalue weighted by Gasteiger charge is -2.08. The maximum atomic E-state index is 12.0. The number of nitrogens with two attached hydrogens (primary N) is 1. The van der Waals surface area contributed by atoms with Gasteiger partial charge in [0.1, 0.15) is 0 Å². The lowest BCUT2D eigenvalue weighted by molar-refractivity contribution is 0.102. The minimum Gasteiger partial charge on any atom is -0.398 e. The number of anilines is 2. The number of benzene rings is 2. The van der Waals surface area contributed by atoms with E-state index in [0.29, 0.717) is 27.0 Å². The largest absolute Gasteiger partial charge is 0.398 e. The van der Waals surface area contributed by atoms with E-state index in [1.807, 2.05) is 0 Å². The highest BCUT2D eigenvalue weighted by Gasteiger charge is 2.10. The van der Waals surface area contributed by atoms with Gasteiger partial charge in [0, 0.05) is 10.0 Å². The van der Waals surface area contributed by atoms with Gasteiger partial charge in [-0.2, -0.15) is 0 Å². The zero-order valence-electron chi connectivity index (χ0n) is 9.58. The van der Waals surface area contributed by atoms with Crippen LogP contribution in [-0.4, -0.2) is 5.91 Å². The SMILES string of the molecule is Nc1cc(C(=O)Nc2ccc(Br)cc2Cl)ccc1Cl. The molecular weight excluding hydrogens is 351 g/mol. The molecule has 0 unspecified atom stereocenters. The zero-order chi connectivity index (χ0) is 14.0. The van der Waals surface area contributed by atoms with E-state index in [9.17, 15) is 4.79 Å². The molecule has 0 aliphatic carbocycles. The Labute approximate surface area is 128 Å². The van der Waals surface area contributed by atoms with Crippen LogP contribution in [0.2, 0.25) is 10.0 Å². The van der Waals surface area contributed by atoms with Gasteiger partial charge in [0.05, 0.1) is 21.4 Å². The second kappa shape index (κ2) is 5.82. The summed E-state index contributed by atoms with van der Waals surface area (Å²) in [4.78, 5) is 12.0. The minimum absolute atomic E-state index is 0.299. The number of rotatable bonds is 2. The molecule has 98 valence electrons. The molecule has 0 fully saturated rings. The average Bonchev–Trinajstić information content (AvgIpc) is 2.36. The third-order valence-corrected chi connectivity index (χ3v) is 3.59. The van der Waals surface area contributed by atoms with Crippen LogP contribution in [0.15, 0.2) is 40.9 Å². The topological polar surface area (TPSA) is 55.1 Å². The molecule has 0 radical (unpaired) electrons. The van der Waals surface area contributed by atoms with Gasteiger partial charge in [-0.3, -0.25) is 4.79 Å².